The van der Waals surface area contributed by atoms with Gasteiger partial charge < -0.3 is 9.64 Å². The number of rotatable bonds is 4. The van der Waals surface area contributed by atoms with E-state index < -0.39 is 0 Å². The number of pyridine rings is 2. The lowest BCUT2D eigenvalue weighted by Gasteiger charge is -2.39. The fourth-order valence-electron chi connectivity index (χ4n) is 3.15. The summed E-state index contributed by atoms with van der Waals surface area (Å²) in [5.74, 6) is 0. The van der Waals surface area contributed by atoms with Crippen LogP contribution in [0.4, 0.5) is 5.69 Å². The summed E-state index contributed by atoms with van der Waals surface area (Å²) >= 11 is 0. The molecule has 0 N–H and O–H groups in total. The van der Waals surface area contributed by atoms with Gasteiger partial charge in [0.2, 0.25) is 6.41 Å². The molecule has 1 aliphatic rings. The number of fused-ring (bicyclic) bond motifs is 1. The molecule has 24 heavy (non-hydrogen) atoms. The summed E-state index contributed by atoms with van der Waals surface area (Å²) in [7, 11) is 1.73. The fourth-order valence-corrected chi connectivity index (χ4v) is 3.15. The minimum absolute atomic E-state index is 0.127. The van der Waals surface area contributed by atoms with Crippen molar-refractivity contribution in [3.63, 3.8) is 0 Å². The summed E-state index contributed by atoms with van der Waals surface area (Å²) in [6, 6.07) is 3.39. The number of methoxy groups -OCH3 is 1. The first-order chi connectivity index (χ1) is 11.5. The minimum atomic E-state index is -0.347. The number of aromatic nitrogens is 2. The summed E-state index contributed by atoms with van der Waals surface area (Å²) in [6.45, 7) is 7.42. The second-order valence-corrected chi connectivity index (χ2v) is 6.31. The number of carbonyl (C=O) groups excluding carboxylic acids is 1. The van der Waals surface area contributed by atoms with E-state index in [4.69, 9.17) is 4.74 Å². The third kappa shape index (κ3) is 2.73. The molecule has 1 fully saturated rings. The maximum absolute atomic E-state index is 12.3. The van der Waals surface area contributed by atoms with Gasteiger partial charge in [0.05, 0.1) is 28.7 Å². The van der Waals surface area contributed by atoms with Crippen LogP contribution in [0.2, 0.25) is 0 Å². The highest BCUT2D eigenvalue weighted by Gasteiger charge is 2.30. The Hall–Kier alpha value is -2.47. The third-order valence-corrected chi connectivity index (χ3v) is 4.91. The highest BCUT2D eigenvalue weighted by Crippen LogP contribution is 2.31. The Balaban J connectivity index is 2.12. The Morgan fingerprint density at radius 1 is 1.33 bits per heavy atom. The molecule has 6 nitrogen and oxygen atoms in total. The number of hydrogen-bond acceptors (Lipinski definition) is 5. The number of piperidine rings is 1. The average molecular weight is 327 g/mol. The van der Waals surface area contributed by atoms with E-state index >= 15 is 0 Å². The number of nitrogens with zero attached hydrogens (tertiary/aromatic N) is 3. The van der Waals surface area contributed by atoms with Crippen LogP contribution in [0, 0.1) is 0 Å². The Kier molecular flexibility index (Phi) is 4.24. The molecule has 0 amide bonds. The fraction of sp³-hybridized carbons (Fsp3) is 0.389. The average Bonchev–Trinajstić information content (AvgIpc) is 2.61. The van der Waals surface area contributed by atoms with Crippen LogP contribution in [0.25, 0.3) is 17.0 Å². The first kappa shape index (κ1) is 16.4. The molecule has 1 saturated heterocycles. The van der Waals surface area contributed by atoms with Crippen molar-refractivity contribution in [2.45, 2.75) is 25.4 Å². The van der Waals surface area contributed by atoms with Crippen LogP contribution in [0.3, 0.4) is 0 Å². The predicted octanol–water partition coefficient (Wildman–Crippen LogP) is 2.08. The van der Waals surface area contributed by atoms with Gasteiger partial charge in [-0.1, -0.05) is 6.58 Å². The molecule has 2 aromatic rings. The van der Waals surface area contributed by atoms with Crippen LogP contribution >= 0.6 is 0 Å². The molecule has 1 aliphatic heterocycles. The normalized spacial score (nSPS) is 17.0. The molecule has 0 aliphatic carbocycles. The Morgan fingerprint density at radius 2 is 2.04 bits per heavy atom. The predicted molar refractivity (Wildman–Crippen MR) is 95.1 cm³/mol. The lowest BCUT2D eigenvalue weighted by atomic mass is 9.93. The van der Waals surface area contributed by atoms with Gasteiger partial charge in [0.1, 0.15) is 0 Å². The van der Waals surface area contributed by atoms with Crippen molar-refractivity contribution in [1.29, 1.82) is 0 Å². The van der Waals surface area contributed by atoms with Crippen molar-refractivity contribution >= 4 is 29.1 Å². The Labute approximate surface area is 140 Å². The summed E-state index contributed by atoms with van der Waals surface area (Å²) in [4.78, 5) is 30.0. The van der Waals surface area contributed by atoms with E-state index in [-0.39, 0.29) is 11.2 Å². The number of ether oxygens (including phenoxy) is 1. The van der Waals surface area contributed by atoms with Gasteiger partial charge in [-0.2, -0.15) is 0 Å². The molecule has 0 spiro atoms. The minimum Gasteiger partial charge on any atom is -0.378 e. The van der Waals surface area contributed by atoms with Gasteiger partial charge >= 0.3 is 0 Å². The molecule has 0 aromatic carbocycles. The van der Waals surface area contributed by atoms with Gasteiger partial charge in [-0.3, -0.25) is 14.6 Å². The molecular weight excluding hydrogens is 306 g/mol. The molecule has 6 heteroatoms. The van der Waals surface area contributed by atoms with E-state index in [1.54, 1.807) is 19.4 Å². The van der Waals surface area contributed by atoms with Crippen LogP contribution in [0.15, 0.2) is 29.7 Å². The van der Waals surface area contributed by atoms with E-state index in [1.165, 1.54) is 6.07 Å². The molecule has 3 rings (SSSR count). The monoisotopic (exact) mass is 327 g/mol. The van der Waals surface area contributed by atoms with Crippen molar-refractivity contribution in [2.75, 3.05) is 25.1 Å². The van der Waals surface area contributed by atoms with E-state index in [1.807, 2.05) is 6.07 Å². The summed E-state index contributed by atoms with van der Waals surface area (Å²) in [5, 5.41) is 0.826. The van der Waals surface area contributed by atoms with Crippen molar-refractivity contribution in [2.24, 2.45) is 0 Å². The van der Waals surface area contributed by atoms with E-state index in [0.717, 1.165) is 41.6 Å². The molecular formula is C18H21N3O3. The standard InChI is InChI=1S/C18H21N3O3/c1-4-13-9-14-15(20-7-5-18(2,24-3)6-8-20)10-17(23)21(12-22)16(14)11-19-13/h4,9-12H,1,5-8H2,2-3H3. The molecule has 0 radical (unpaired) electrons. The Bertz CT molecular complexity index is 848. The molecule has 3 heterocycles. The van der Waals surface area contributed by atoms with Gasteiger partial charge in [0.25, 0.3) is 5.56 Å². The van der Waals surface area contributed by atoms with E-state index in [0.29, 0.717) is 17.6 Å². The van der Waals surface area contributed by atoms with Gasteiger partial charge in [-0.25, -0.2) is 4.57 Å². The number of hydrogen-bond donors (Lipinski definition) is 0. The van der Waals surface area contributed by atoms with E-state index in [9.17, 15) is 9.59 Å². The molecule has 2 aromatic heterocycles. The molecule has 0 bridgehead atoms. The lowest BCUT2D eigenvalue weighted by molar-refractivity contribution is -0.0132. The van der Waals surface area contributed by atoms with Gasteiger partial charge in [-0.15, -0.1) is 0 Å². The smallest absolute Gasteiger partial charge is 0.259 e. The van der Waals surface area contributed by atoms with Crippen molar-refractivity contribution in [3.8, 4) is 0 Å². The lowest BCUT2D eigenvalue weighted by Crippen LogP contribution is -2.44. The zero-order valence-electron chi connectivity index (χ0n) is 14.0. The van der Waals surface area contributed by atoms with E-state index in [2.05, 4.69) is 23.4 Å². The second kappa shape index (κ2) is 6.20. The zero-order chi connectivity index (χ0) is 17.3. The zero-order valence-corrected chi connectivity index (χ0v) is 14.0. The van der Waals surface area contributed by atoms with Gasteiger partial charge in [0.15, 0.2) is 0 Å². The number of anilines is 1. The van der Waals surface area contributed by atoms with Crippen LogP contribution in [0.5, 0.6) is 0 Å². The second-order valence-electron chi connectivity index (χ2n) is 6.31. The first-order valence-electron chi connectivity index (χ1n) is 7.94. The van der Waals surface area contributed by atoms with Crippen molar-refractivity contribution in [3.05, 3.63) is 41.0 Å². The largest absolute Gasteiger partial charge is 0.378 e. The maximum atomic E-state index is 12.3. The van der Waals surface area contributed by atoms with Crippen molar-refractivity contribution < 1.29 is 9.53 Å². The molecule has 0 saturated carbocycles. The molecule has 0 atom stereocenters. The van der Waals surface area contributed by atoms with Gasteiger partial charge in [0, 0.05) is 31.7 Å². The third-order valence-electron chi connectivity index (χ3n) is 4.91. The SMILES string of the molecule is C=Cc1cc2c(N3CCC(C)(OC)CC3)cc(=O)n(C=O)c2cn1. The molecule has 0 unspecified atom stereocenters. The maximum Gasteiger partial charge on any atom is 0.259 e. The van der Waals surface area contributed by atoms with Crippen LogP contribution in [0.1, 0.15) is 25.5 Å². The summed E-state index contributed by atoms with van der Waals surface area (Å²) in [5.41, 5.74) is 1.58. The first-order valence-corrected chi connectivity index (χ1v) is 7.94. The van der Waals surface area contributed by atoms with Gasteiger partial charge in [-0.05, 0) is 31.9 Å². The van der Waals surface area contributed by atoms with Crippen LogP contribution < -0.4 is 10.5 Å². The quantitative estimate of drug-likeness (QED) is 0.805. The van der Waals surface area contributed by atoms with Crippen molar-refractivity contribution in [1.82, 2.24) is 9.55 Å². The Morgan fingerprint density at radius 3 is 2.62 bits per heavy atom. The molecule has 126 valence electrons. The summed E-state index contributed by atoms with van der Waals surface area (Å²) < 4.78 is 6.67. The van der Waals surface area contributed by atoms with Crippen LogP contribution in [-0.4, -0.2) is 41.8 Å². The highest BCUT2D eigenvalue weighted by atomic mass is 16.5. The van der Waals surface area contributed by atoms with Crippen LogP contribution in [-0.2, 0) is 9.53 Å². The topological polar surface area (TPSA) is 64.4 Å². The number of carbonyl (C=O) groups is 1. The highest BCUT2D eigenvalue weighted by molar-refractivity contribution is 5.95. The summed E-state index contributed by atoms with van der Waals surface area (Å²) in [6.07, 6.45) is 5.48.